The quantitative estimate of drug-likeness (QED) is 0.763. The van der Waals surface area contributed by atoms with Gasteiger partial charge in [0.05, 0.1) is 6.54 Å². The summed E-state index contributed by atoms with van der Waals surface area (Å²) in [6, 6.07) is 0.271. The number of hydrogen-bond acceptors (Lipinski definition) is 3. The fourth-order valence-corrected chi connectivity index (χ4v) is 4.61. The Bertz CT molecular complexity index is 435. The molecule has 5 nitrogen and oxygen atoms in total. The first-order valence-electron chi connectivity index (χ1n) is 10.2. The summed E-state index contributed by atoms with van der Waals surface area (Å²) in [6.07, 6.45) is 11.5. The van der Waals surface area contributed by atoms with E-state index in [4.69, 9.17) is 5.11 Å². The number of carboxylic acid groups (broad SMARTS) is 1. The van der Waals surface area contributed by atoms with Crippen molar-refractivity contribution in [2.24, 2.45) is 11.8 Å². The third-order valence-corrected chi connectivity index (χ3v) is 6.20. The Balaban J connectivity index is 1.86. The second-order valence-corrected chi connectivity index (χ2v) is 8.06. The van der Waals surface area contributed by atoms with E-state index in [2.05, 4.69) is 11.8 Å². The molecule has 0 bridgehead atoms. The Kier molecular flexibility index (Phi) is 8.20. The minimum Gasteiger partial charge on any atom is -0.480 e. The molecule has 2 rings (SSSR count). The van der Waals surface area contributed by atoms with E-state index in [1.54, 1.807) is 0 Å². The zero-order valence-corrected chi connectivity index (χ0v) is 16.1. The smallest absolute Gasteiger partial charge is 0.317 e. The van der Waals surface area contributed by atoms with Gasteiger partial charge in [0.1, 0.15) is 0 Å². The van der Waals surface area contributed by atoms with Crippen LogP contribution in [0.25, 0.3) is 0 Å². The molecule has 1 saturated heterocycles. The van der Waals surface area contributed by atoms with Crippen molar-refractivity contribution in [1.29, 1.82) is 0 Å². The molecule has 0 aromatic carbocycles. The lowest BCUT2D eigenvalue weighted by atomic mass is 9.81. The number of carbonyl (C=O) groups is 2. The van der Waals surface area contributed by atoms with Crippen molar-refractivity contribution >= 4 is 11.9 Å². The van der Waals surface area contributed by atoms with Crippen LogP contribution in [-0.4, -0.2) is 59.5 Å². The Morgan fingerprint density at radius 3 is 2.44 bits per heavy atom. The molecule has 5 heteroatoms. The summed E-state index contributed by atoms with van der Waals surface area (Å²) in [5, 5.41) is 8.98. The Hall–Kier alpha value is -1.10. The summed E-state index contributed by atoms with van der Waals surface area (Å²) in [5.74, 6) is 0.480. The third-order valence-electron chi connectivity index (χ3n) is 6.20. The van der Waals surface area contributed by atoms with E-state index in [1.165, 1.54) is 32.1 Å². The number of likely N-dealkylation sites (N-methyl/N-ethyl adjacent to an activating group) is 1. The summed E-state index contributed by atoms with van der Waals surface area (Å²) in [7, 11) is 1.88. The lowest BCUT2D eigenvalue weighted by Gasteiger charge is -2.30. The largest absolute Gasteiger partial charge is 0.480 e. The van der Waals surface area contributed by atoms with E-state index in [0.29, 0.717) is 5.91 Å². The fourth-order valence-electron chi connectivity index (χ4n) is 4.61. The molecule has 2 aliphatic rings. The minimum absolute atomic E-state index is 0.0812. The lowest BCUT2D eigenvalue weighted by Crippen LogP contribution is -2.39. The number of rotatable bonds is 7. The minimum atomic E-state index is -0.779. The van der Waals surface area contributed by atoms with Gasteiger partial charge in [-0.2, -0.15) is 0 Å². The molecule has 0 aromatic rings. The number of amides is 1. The summed E-state index contributed by atoms with van der Waals surface area (Å²) >= 11 is 0. The molecule has 0 radical (unpaired) electrons. The van der Waals surface area contributed by atoms with Gasteiger partial charge in [0.25, 0.3) is 0 Å². The maximum absolute atomic E-state index is 13.0. The monoisotopic (exact) mass is 352 g/mol. The van der Waals surface area contributed by atoms with Crippen molar-refractivity contribution < 1.29 is 14.7 Å². The van der Waals surface area contributed by atoms with Gasteiger partial charge in [-0.25, -0.2) is 0 Å². The fraction of sp³-hybridized carbons (Fsp3) is 0.900. The summed E-state index contributed by atoms with van der Waals surface area (Å²) in [4.78, 5) is 27.9. The van der Waals surface area contributed by atoms with E-state index in [-0.39, 0.29) is 18.5 Å². The van der Waals surface area contributed by atoms with Gasteiger partial charge in [-0.05, 0) is 45.1 Å². The van der Waals surface area contributed by atoms with Gasteiger partial charge in [0, 0.05) is 25.0 Å². The van der Waals surface area contributed by atoms with E-state index in [9.17, 15) is 9.59 Å². The number of carboxylic acids is 1. The maximum Gasteiger partial charge on any atom is 0.317 e. The predicted molar refractivity (Wildman–Crippen MR) is 99.5 cm³/mol. The molecule has 144 valence electrons. The highest BCUT2D eigenvalue weighted by Gasteiger charge is 2.29. The van der Waals surface area contributed by atoms with Crippen LogP contribution in [0.2, 0.25) is 0 Å². The van der Waals surface area contributed by atoms with Gasteiger partial charge < -0.3 is 10.0 Å². The molecule has 1 aliphatic heterocycles. The SMILES string of the molecule is CCC(CC1CCCCC1)C(=O)N1CCCC(N(C)CC(=O)O)CC1. The molecule has 2 unspecified atom stereocenters. The highest BCUT2D eigenvalue weighted by molar-refractivity contribution is 5.78. The van der Waals surface area contributed by atoms with Crippen molar-refractivity contribution in [3.8, 4) is 0 Å². The van der Waals surface area contributed by atoms with E-state index < -0.39 is 5.97 Å². The predicted octanol–water partition coefficient (Wildman–Crippen LogP) is 3.38. The molecule has 1 saturated carbocycles. The van der Waals surface area contributed by atoms with Gasteiger partial charge in [-0.15, -0.1) is 0 Å². The molecule has 1 N–H and O–H groups in total. The molecule has 1 amide bonds. The van der Waals surface area contributed by atoms with E-state index >= 15 is 0 Å². The van der Waals surface area contributed by atoms with Crippen LogP contribution in [0.1, 0.15) is 71.1 Å². The molecule has 0 aromatic heterocycles. The van der Waals surface area contributed by atoms with Crippen LogP contribution in [0.5, 0.6) is 0 Å². The Labute approximate surface area is 152 Å². The first kappa shape index (κ1) is 20.2. The van der Waals surface area contributed by atoms with Crippen molar-refractivity contribution in [3.05, 3.63) is 0 Å². The van der Waals surface area contributed by atoms with E-state index in [0.717, 1.165) is 51.1 Å². The second-order valence-electron chi connectivity index (χ2n) is 8.06. The van der Waals surface area contributed by atoms with Crippen LogP contribution in [0.4, 0.5) is 0 Å². The van der Waals surface area contributed by atoms with Crippen LogP contribution in [0, 0.1) is 11.8 Å². The van der Waals surface area contributed by atoms with Gasteiger partial charge in [0.15, 0.2) is 0 Å². The van der Waals surface area contributed by atoms with Crippen LogP contribution in [-0.2, 0) is 9.59 Å². The maximum atomic E-state index is 13.0. The second kappa shape index (κ2) is 10.1. The Morgan fingerprint density at radius 2 is 1.80 bits per heavy atom. The van der Waals surface area contributed by atoms with Crippen LogP contribution >= 0.6 is 0 Å². The highest BCUT2D eigenvalue weighted by atomic mass is 16.4. The molecule has 2 fully saturated rings. The number of hydrogen-bond donors (Lipinski definition) is 1. The van der Waals surface area contributed by atoms with Gasteiger partial charge in [0.2, 0.25) is 5.91 Å². The van der Waals surface area contributed by atoms with Crippen LogP contribution in [0.15, 0.2) is 0 Å². The van der Waals surface area contributed by atoms with Gasteiger partial charge in [-0.3, -0.25) is 14.5 Å². The number of aliphatic carboxylic acids is 1. The first-order valence-corrected chi connectivity index (χ1v) is 10.2. The van der Waals surface area contributed by atoms with Gasteiger partial charge in [-0.1, -0.05) is 39.0 Å². The van der Waals surface area contributed by atoms with E-state index in [1.807, 2.05) is 11.9 Å². The molecule has 0 spiro atoms. The number of carbonyl (C=O) groups excluding carboxylic acids is 1. The molecule has 25 heavy (non-hydrogen) atoms. The summed E-state index contributed by atoms with van der Waals surface area (Å²) in [5.41, 5.74) is 0. The van der Waals surface area contributed by atoms with Crippen molar-refractivity contribution in [2.75, 3.05) is 26.7 Å². The molecule has 1 heterocycles. The topological polar surface area (TPSA) is 60.9 Å². The van der Waals surface area contributed by atoms with Gasteiger partial charge >= 0.3 is 5.97 Å². The average molecular weight is 353 g/mol. The zero-order chi connectivity index (χ0) is 18.2. The molecular weight excluding hydrogens is 316 g/mol. The third kappa shape index (κ3) is 6.28. The van der Waals surface area contributed by atoms with Crippen molar-refractivity contribution in [3.63, 3.8) is 0 Å². The summed E-state index contributed by atoms with van der Waals surface area (Å²) < 4.78 is 0. The highest BCUT2D eigenvalue weighted by Crippen LogP contribution is 2.31. The number of nitrogens with zero attached hydrogens (tertiary/aromatic N) is 2. The molecular formula is C20H36N2O3. The molecule has 2 atom stereocenters. The first-order chi connectivity index (χ1) is 12.0. The average Bonchev–Trinajstić information content (AvgIpc) is 2.85. The van der Waals surface area contributed by atoms with Crippen molar-refractivity contribution in [2.45, 2.75) is 77.2 Å². The lowest BCUT2D eigenvalue weighted by molar-refractivity contribution is -0.139. The van der Waals surface area contributed by atoms with Crippen molar-refractivity contribution in [1.82, 2.24) is 9.80 Å². The summed E-state index contributed by atoms with van der Waals surface area (Å²) in [6.45, 7) is 3.83. The number of likely N-dealkylation sites (tertiary alicyclic amines) is 1. The zero-order valence-electron chi connectivity index (χ0n) is 16.1. The van der Waals surface area contributed by atoms with Crippen LogP contribution < -0.4 is 0 Å². The normalized spacial score (nSPS) is 24.1. The van der Waals surface area contributed by atoms with Crippen LogP contribution in [0.3, 0.4) is 0 Å². The Morgan fingerprint density at radius 1 is 1.08 bits per heavy atom. The molecule has 1 aliphatic carbocycles. The standard InChI is InChI=1S/C20H36N2O3/c1-3-17(14-16-8-5-4-6-9-16)20(25)22-12-7-10-18(11-13-22)21(2)15-19(23)24/h16-18H,3-15H2,1-2H3,(H,23,24).